The zero-order chi connectivity index (χ0) is 14.8. The number of fused-ring (bicyclic) bond motifs is 1. The minimum Gasteiger partial charge on any atom is -0.341 e. The van der Waals surface area contributed by atoms with Crippen molar-refractivity contribution in [1.29, 1.82) is 0 Å². The van der Waals surface area contributed by atoms with Crippen molar-refractivity contribution >= 4 is 17.5 Å². The summed E-state index contributed by atoms with van der Waals surface area (Å²) in [5.41, 5.74) is 1.80. The monoisotopic (exact) mass is 287 g/mol. The lowest BCUT2D eigenvalue weighted by Crippen LogP contribution is -2.44. The van der Waals surface area contributed by atoms with E-state index in [0.717, 1.165) is 37.3 Å². The molecule has 0 spiro atoms. The van der Waals surface area contributed by atoms with E-state index in [2.05, 4.69) is 15.4 Å². The lowest BCUT2D eigenvalue weighted by Gasteiger charge is -2.29. The Morgan fingerprint density at radius 3 is 2.76 bits per heavy atom. The Balaban J connectivity index is 1.72. The molecule has 0 radical (unpaired) electrons. The predicted octanol–water partition coefficient (Wildman–Crippen LogP) is 1.85. The summed E-state index contributed by atoms with van der Waals surface area (Å²) in [4.78, 5) is 18.7. The second-order valence-corrected chi connectivity index (χ2v) is 5.62. The number of hydrogen-bond acceptors (Lipinski definition) is 4. The number of hydrogen-bond donors (Lipinski definition) is 1. The van der Waals surface area contributed by atoms with Crippen molar-refractivity contribution in [2.45, 2.75) is 39.2 Å². The molecule has 3 rings (SSSR count). The SMILES string of the molecule is Cc1cccc2nc(NC(C)C(=O)N3CCCCC3)nn12. The summed E-state index contributed by atoms with van der Waals surface area (Å²) < 4.78 is 1.78. The first-order chi connectivity index (χ1) is 10.1. The fourth-order valence-corrected chi connectivity index (χ4v) is 2.74. The van der Waals surface area contributed by atoms with E-state index in [-0.39, 0.29) is 11.9 Å². The fourth-order valence-electron chi connectivity index (χ4n) is 2.74. The van der Waals surface area contributed by atoms with E-state index < -0.39 is 0 Å². The molecule has 0 aromatic carbocycles. The second kappa shape index (κ2) is 5.71. The third-order valence-electron chi connectivity index (χ3n) is 3.93. The normalized spacial score (nSPS) is 17.0. The third kappa shape index (κ3) is 2.84. The summed E-state index contributed by atoms with van der Waals surface area (Å²) in [6.07, 6.45) is 3.42. The van der Waals surface area contributed by atoms with E-state index in [4.69, 9.17) is 0 Å². The number of carbonyl (C=O) groups excluding carboxylic acids is 1. The molecule has 6 nitrogen and oxygen atoms in total. The smallest absolute Gasteiger partial charge is 0.244 e. The highest BCUT2D eigenvalue weighted by Crippen LogP contribution is 2.13. The number of amides is 1. The van der Waals surface area contributed by atoms with E-state index in [1.54, 1.807) is 4.52 Å². The van der Waals surface area contributed by atoms with Crippen LogP contribution in [0.1, 0.15) is 31.9 Å². The molecule has 1 aliphatic heterocycles. The van der Waals surface area contributed by atoms with Crippen LogP contribution in [-0.4, -0.2) is 44.5 Å². The fraction of sp³-hybridized carbons (Fsp3) is 0.533. The molecule has 0 bridgehead atoms. The molecule has 3 heterocycles. The van der Waals surface area contributed by atoms with Gasteiger partial charge in [0.25, 0.3) is 0 Å². The van der Waals surface area contributed by atoms with Crippen LogP contribution in [0, 0.1) is 6.92 Å². The van der Waals surface area contributed by atoms with Crippen molar-refractivity contribution in [2.24, 2.45) is 0 Å². The average molecular weight is 287 g/mol. The van der Waals surface area contributed by atoms with Gasteiger partial charge < -0.3 is 10.2 Å². The van der Waals surface area contributed by atoms with Crippen LogP contribution in [0.3, 0.4) is 0 Å². The zero-order valence-corrected chi connectivity index (χ0v) is 12.5. The summed E-state index contributed by atoms with van der Waals surface area (Å²) in [6.45, 7) is 5.58. The number of anilines is 1. The van der Waals surface area contributed by atoms with Crippen molar-refractivity contribution in [1.82, 2.24) is 19.5 Å². The Hall–Kier alpha value is -2.11. The first-order valence-corrected chi connectivity index (χ1v) is 7.53. The van der Waals surface area contributed by atoms with E-state index in [0.29, 0.717) is 5.95 Å². The first-order valence-electron chi connectivity index (χ1n) is 7.53. The van der Waals surface area contributed by atoms with Crippen LogP contribution in [0.4, 0.5) is 5.95 Å². The van der Waals surface area contributed by atoms with E-state index in [9.17, 15) is 4.79 Å². The van der Waals surface area contributed by atoms with Gasteiger partial charge in [0.05, 0.1) is 0 Å². The quantitative estimate of drug-likeness (QED) is 0.936. The Kier molecular flexibility index (Phi) is 3.77. The molecule has 1 fully saturated rings. The molecule has 1 N–H and O–H groups in total. The molecule has 2 aromatic rings. The molecule has 1 amide bonds. The second-order valence-electron chi connectivity index (χ2n) is 5.62. The van der Waals surface area contributed by atoms with Gasteiger partial charge in [-0.3, -0.25) is 4.79 Å². The Labute approximate surface area is 124 Å². The van der Waals surface area contributed by atoms with Gasteiger partial charge in [0, 0.05) is 18.8 Å². The molecule has 1 aliphatic rings. The lowest BCUT2D eigenvalue weighted by atomic mass is 10.1. The van der Waals surface area contributed by atoms with Gasteiger partial charge in [0.1, 0.15) is 6.04 Å². The van der Waals surface area contributed by atoms with E-state index in [1.807, 2.05) is 36.9 Å². The molecule has 2 aromatic heterocycles. The van der Waals surface area contributed by atoms with E-state index in [1.165, 1.54) is 6.42 Å². The van der Waals surface area contributed by atoms with Crippen molar-refractivity contribution in [3.05, 3.63) is 23.9 Å². The largest absolute Gasteiger partial charge is 0.341 e. The maximum Gasteiger partial charge on any atom is 0.244 e. The van der Waals surface area contributed by atoms with Crippen LogP contribution in [0.25, 0.3) is 5.65 Å². The lowest BCUT2D eigenvalue weighted by molar-refractivity contribution is -0.132. The van der Waals surface area contributed by atoms with Gasteiger partial charge in [-0.05, 0) is 45.2 Å². The number of likely N-dealkylation sites (tertiary alicyclic amines) is 1. The summed E-state index contributed by atoms with van der Waals surface area (Å²) in [6, 6.07) is 5.53. The zero-order valence-electron chi connectivity index (χ0n) is 12.5. The highest BCUT2D eigenvalue weighted by Gasteiger charge is 2.23. The standard InChI is InChI=1S/C15H21N5O/c1-11-7-6-8-13-17-15(18-20(11)13)16-12(2)14(21)19-9-4-3-5-10-19/h6-8,12H,3-5,9-10H2,1-2H3,(H,16,18). The maximum absolute atomic E-state index is 12.4. The molecule has 1 saturated heterocycles. The van der Waals surface area contributed by atoms with E-state index >= 15 is 0 Å². The summed E-state index contributed by atoms with van der Waals surface area (Å²) in [7, 11) is 0. The van der Waals surface area contributed by atoms with Crippen LogP contribution in [0.5, 0.6) is 0 Å². The molecule has 1 unspecified atom stereocenters. The predicted molar refractivity (Wildman–Crippen MR) is 81.2 cm³/mol. The third-order valence-corrected chi connectivity index (χ3v) is 3.93. The number of piperidine rings is 1. The molecular weight excluding hydrogens is 266 g/mol. The van der Waals surface area contributed by atoms with Crippen molar-refractivity contribution in [2.75, 3.05) is 18.4 Å². The summed E-state index contributed by atoms with van der Waals surface area (Å²) in [5.74, 6) is 0.632. The highest BCUT2D eigenvalue weighted by molar-refractivity contribution is 5.83. The van der Waals surface area contributed by atoms with Crippen molar-refractivity contribution in [3.8, 4) is 0 Å². The minimum absolute atomic E-state index is 0.130. The number of nitrogens with one attached hydrogen (secondary N) is 1. The molecule has 0 saturated carbocycles. The van der Waals surface area contributed by atoms with Gasteiger partial charge in [0.2, 0.25) is 11.9 Å². The molecule has 6 heteroatoms. The van der Waals surface area contributed by atoms with Crippen molar-refractivity contribution < 1.29 is 4.79 Å². The molecule has 0 aliphatic carbocycles. The molecule has 112 valence electrons. The number of rotatable bonds is 3. The molecule has 1 atom stereocenters. The number of aryl methyl sites for hydroxylation is 1. The minimum atomic E-state index is -0.305. The number of carbonyl (C=O) groups is 1. The van der Waals surface area contributed by atoms with Crippen LogP contribution in [-0.2, 0) is 4.79 Å². The highest BCUT2D eigenvalue weighted by atomic mass is 16.2. The van der Waals surface area contributed by atoms with Gasteiger partial charge in [0.15, 0.2) is 5.65 Å². The average Bonchev–Trinajstić information content (AvgIpc) is 2.91. The Morgan fingerprint density at radius 2 is 2.05 bits per heavy atom. The topological polar surface area (TPSA) is 62.5 Å². The van der Waals surface area contributed by atoms with Crippen LogP contribution in [0.2, 0.25) is 0 Å². The number of aromatic nitrogens is 3. The molecule has 21 heavy (non-hydrogen) atoms. The van der Waals surface area contributed by atoms with Crippen molar-refractivity contribution in [3.63, 3.8) is 0 Å². The van der Waals surface area contributed by atoms with Crippen LogP contribution in [0.15, 0.2) is 18.2 Å². The maximum atomic E-state index is 12.4. The van der Waals surface area contributed by atoms with Gasteiger partial charge in [-0.25, -0.2) is 4.52 Å². The summed E-state index contributed by atoms with van der Waals surface area (Å²) in [5, 5.41) is 7.52. The van der Waals surface area contributed by atoms with Gasteiger partial charge in [-0.2, -0.15) is 4.98 Å². The Morgan fingerprint density at radius 1 is 1.29 bits per heavy atom. The number of pyridine rings is 1. The Bertz CT molecular complexity index is 645. The number of nitrogens with zero attached hydrogens (tertiary/aromatic N) is 4. The first kappa shape index (κ1) is 13.9. The van der Waals surface area contributed by atoms with Gasteiger partial charge >= 0.3 is 0 Å². The summed E-state index contributed by atoms with van der Waals surface area (Å²) >= 11 is 0. The van der Waals surface area contributed by atoms with Crippen LogP contribution >= 0.6 is 0 Å². The van der Waals surface area contributed by atoms with Gasteiger partial charge in [-0.15, -0.1) is 5.10 Å². The van der Waals surface area contributed by atoms with Gasteiger partial charge in [-0.1, -0.05) is 6.07 Å². The van der Waals surface area contributed by atoms with Crippen LogP contribution < -0.4 is 5.32 Å². The molecular formula is C15H21N5O.